The third-order valence-electron chi connectivity index (χ3n) is 3.41. The van der Waals surface area contributed by atoms with Gasteiger partial charge in [-0.2, -0.15) is 0 Å². The van der Waals surface area contributed by atoms with Gasteiger partial charge in [-0.05, 0) is 6.42 Å². The molecule has 0 aliphatic heterocycles. The van der Waals surface area contributed by atoms with Crippen molar-refractivity contribution in [3.8, 4) is 0 Å². The molecular weight excluding hydrogens is 208 g/mol. The Bertz CT molecular complexity index is 154. The molecule has 0 spiro atoms. The summed E-state index contributed by atoms with van der Waals surface area (Å²) in [5, 5.41) is 0. The highest BCUT2D eigenvalue weighted by atomic mass is 16.5. The minimum atomic E-state index is 0.268. The minimum absolute atomic E-state index is 0.268. The molecule has 1 atom stereocenters. The number of unbranched alkanes of at least 4 members (excludes halogenated alkanes) is 9. The van der Waals surface area contributed by atoms with E-state index in [1.807, 2.05) is 6.08 Å². The smallest absolute Gasteiger partial charge is 0.0749 e. The van der Waals surface area contributed by atoms with Gasteiger partial charge in [-0.25, -0.2) is 0 Å². The Kier molecular flexibility index (Phi) is 13.5. The maximum Gasteiger partial charge on any atom is 0.0749 e. The lowest BCUT2D eigenvalue weighted by Gasteiger charge is -2.09. The Balaban J connectivity index is 3.05. The molecule has 0 amide bonds. The maximum absolute atomic E-state index is 5.26. The van der Waals surface area contributed by atoms with Gasteiger partial charge in [0.15, 0.2) is 0 Å². The third kappa shape index (κ3) is 12.0. The molecule has 1 unspecified atom stereocenters. The van der Waals surface area contributed by atoms with E-state index < -0.39 is 0 Å². The average molecular weight is 240 g/mol. The molecule has 0 rings (SSSR count). The molecule has 102 valence electrons. The molecule has 1 heteroatoms. The normalized spacial score (nSPS) is 12.6. The Morgan fingerprint density at radius 1 is 0.882 bits per heavy atom. The molecule has 0 aliphatic rings. The predicted octanol–water partition coefficient (Wildman–Crippen LogP) is 5.50. The second kappa shape index (κ2) is 13.8. The molecule has 0 bridgehead atoms. The summed E-state index contributed by atoms with van der Waals surface area (Å²) in [5.74, 6) is 0. The van der Waals surface area contributed by atoms with Gasteiger partial charge >= 0.3 is 0 Å². The molecule has 0 saturated carbocycles. The van der Waals surface area contributed by atoms with Crippen LogP contribution in [0, 0.1) is 0 Å². The van der Waals surface area contributed by atoms with Crippen LogP contribution in [0.2, 0.25) is 0 Å². The van der Waals surface area contributed by atoms with E-state index in [0.29, 0.717) is 0 Å². The van der Waals surface area contributed by atoms with E-state index in [4.69, 9.17) is 4.74 Å². The summed E-state index contributed by atoms with van der Waals surface area (Å²) < 4.78 is 5.26. The molecule has 17 heavy (non-hydrogen) atoms. The highest BCUT2D eigenvalue weighted by Gasteiger charge is 2.00. The third-order valence-corrected chi connectivity index (χ3v) is 3.41. The van der Waals surface area contributed by atoms with Crippen LogP contribution in [0.25, 0.3) is 0 Å². The number of methoxy groups -OCH3 is 1. The van der Waals surface area contributed by atoms with Crippen molar-refractivity contribution in [2.24, 2.45) is 0 Å². The van der Waals surface area contributed by atoms with Crippen molar-refractivity contribution in [3.05, 3.63) is 12.7 Å². The van der Waals surface area contributed by atoms with E-state index >= 15 is 0 Å². The van der Waals surface area contributed by atoms with Crippen molar-refractivity contribution < 1.29 is 4.74 Å². The summed E-state index contributed by atoms with van der Waals surface area (Å²) in [6.07, 6.45) is 17.3. The van der Waals surface area contributed by atoms with Gasteiger partial charge in [0.1, 0.15) is 0 Å². The van der Waals surface area contributed by atoms with Gasteiger partial charge in [-0.15, -0.1) is 6.58 Å². The van der Waals surface area contributed by atoms with E-state index in [2.05, 4.69) is 13.5 Å². The fraction of sp³-hybridized carbons (Fsp3) is 0.875. The zero-order chi connectivity index (χ0) is 12.8. The summed E-state index contributed by atoms with van der Waals surface area (Å²) >= 11 is 0. The number of hydrogen-bond donors (Lipinski definition) is 0. The summed E-state index contributed by atoms with van der Waals surface area (Å²) in [4.78, 5) is 0. The molecule has 0 N–H and O–H groups in total. The standard InChI is InChI=1S/C16H32O/c1-4-6-7-8-9-10-11-12-13-14-15-16(5-2)17-3/h5,16H,2,4,6-15H2,1,3H3. The maximum atomic E-state index is 5.26. The number of hydrogen-bond acceptors (Lipinski definition) is 1. The van der Waals surface area contributed by atoms with Crippen molar-refractivity contribution >= 4 is 0 Å². The molecule has 0 fully saturated rings. The predicted molar refractivity (Wildman–Crippen MR) is 77.5 cm³/mol. The molecule has 0 aromatic carbocycles. The van der Waals surface area contributed by atoms with Gasteiger partial charge in [-0.3, -0.25) is 0 Å². The monoisotopic (exact) mass is 240 g/mol. The van der Waals surface area contributed by atoms with E-state index in [1.165, 1.54) is 64.2 Å². The highest BCUT2D eigenvalue weighted by molar-refractivity contribution is 4.79. The van der Waals surface area contributed by atoms with E-state index in [-0.39, 0.29) is 6.10 Å². The van der Waals surface area contributed by atoms with Crippen LogP contribution < -0.4 is 0 Å². The fourth-order valence-corrected chi connectivity index (χ4v) is 2.16. The van der Waals surface area contributed by atoms with Crippen LogP contribution in [-0.2, 0) is 4.74 Å². The SMILES string of the molecule is C=CC(CCCCCCCCCCCC)OC. The average Bonchev–Trinajstić information content (AvgIpc) is 2.36. The Labute approximate surface area is 109 Å². The lowest BCUT2D eigenvalue weighted by atomic mass is 10.0. The van der Waals surface area contributed by atoms with Crippen molar-refractivity contribution in [1.82, 2.24) is 0 Å². The van der Waals surface area contributed by atoms with Gasteiger partial charge < -0.3 is 4.74 Å². The molecule has 1 nitrogen and oxygen atoms in total. The van der Waals surface area contributed by atoms with Gasteiger partial charge in [0.05, 0.1) is 6.10 Å². The van der Waals surface area contributed by atoms with Gasteiger partial charge in [0.2, 0.25) is 0 Å². The second-order valence-electron chi connectivity index (χ2n) is 4.98. The highest BCUT2D eigenvalue weighted by Crippen LogP contribution is 2.12. The van der Waals surface area contributed by atoms with Crippen molar-refractivity contribution in [2.45, 2.75) is 83.7 Å². The van der Waals surface area contributed by atoms with Crippen molar-refractivity contribution in [3.63, 3.8) is 0 Å². The van der Waals surface area contributed by atoms with Crippen LogP contribution in [-0.4, -0.2) is 13.2 Å². The lowest BCUT2D eigenvalue weighted by Crippen LogP contribution is -2.05. The second-order valence-corrected chi connectivity index (χ2v) is 4.98. The first-order chi connectivity index (χ1) is 8.35. The number of ether oxygens (including phenoxy) is 1. The van der Waals surface area contributed by atoms with Crippen molar-refractivity contribution in [1.29, 1.82) is 0 Å². The molecule has 0 saturated heterocycles. The van der Waals surface area contributed by atoms with E-state index in [0.717, 1.165) is 6.42 Å². The van der Waals surface area contributed by atoms with Crippen LogP contribution in [0.4, 0.5) is 0 Å². The summed E-state index contributed by atoms with van der Waals surface area (Å²) in [7, 11) is 1.77. The zero-order valence-electron chi connectivity index (χ0n) is 12.0. The first-order valence-corrected chi connectivity index (χ1v) is 7.50. The molecular formula is C16H32O. The summed E-state index contributed by atoms with van der Waals surface area (Å²) in [5.41, 5.74) is 0. The first kappa shape index (κ1) is 16.7. The molecule has 0 aromatic rings. The minimum Gasteiger partial charge on any atom is -0.377 e. The molecule has 0 heterocycles. The van der Waals surface area contributed by atoms with Gasteiger partial charge in [0, 0.05) is 7.11 Å². The largest absolute Gasteiger partial charge is 0.377 e. The lowest BCUT2D eigenvalue weighted by molar-refractivity contribution is 0.131. The fourth-order valence-electron chi connectivity index (χ4n) is 2.16. The van der Waals surface area contributed by atoms with Gasteiger partial charge in [-0.1, -0.05) is 77.2 Å². The topological polar surface area (TPSA) is 9.23 Å². The summed E-state index contributed by atoms with van der Waals surface area (Å²) in [6.45, 7) is 6.05. The number of rotatable bonds is 13. The summed E-state index contributed by atoms with van der Waals surface area (Å²) in [6, 6.07) is 0. The van der Waals surface area contributed by atoms with Crippen LogP contribution in [0.5, 0.6) is 0 Å². The van der Waals surface area contributed by atoms with Crippen LogP contribution in [0.1, 0.15) is 77.6 Å². The quantitative estimate of drug-likeness (QED) is 0.305. The first-order valence-electron chi connectivity index (χ1n) is 7.50. The Morgan fingerprint density at radius 3 is 1.76 bits per heavy atom. The van der Waals surface area contributed by atoms with E-state index in [1.54, 1.807) is 7.11 Å². The van der Waals surface area contributed by atoms with Crippen molar-refractivity contribution in [2.75, 3.05) is 7.11 Å². The van der Waals surface area contributed by atoms with Gasteiger partial charge in [0.25, 0.3) is 0 Å². The molecule has 0 radical (unpaired) electrons. The van der Waals surface area contributed by atoms with Crippen LogP contribution >= 0.6 is 0 Å². The Hall–Kier alpha value is -0.300. The van der Waals surface area contributed by atoms with Crippen LogP contribution in [0.15, 0.2) is 12.7 Å². The molecule has 0 aliphatic carbocycles. The Morgan fingerprint density at radius 2 is 1.35 bits per heavy atom. The van der Waals surface area contributed by atoms with E-state index in [9.17, 15) is 0 Å². The molecule has 0 aromatic heterocycles. The zero-order valence-corrected chi connectivity index (χ0v) is 12.0. The van der Waals surface area contributed by atoms with Crippen LogP contribution in [0.3, 0.4) is 0 Å².